The van der Waals surface area contributed by atoms with Gasteiger partial charge in [0.25, 0.3) is 0 Å². The SMILES string of the molecule is CCOC(=O)c1nc2ccccc2c(-c2ccccc2F)c1C. The van der Waals surface area contributed by atoms with E-state index in [0.717, 1.165) is 5.39 Å². The standard InChI is InChI=1S/C19H16FNO2/c1-3-23-19(22)18-12(2)17(13-8-4-6-10-15(13)20)14-9-5-7-11-16(14)21-18/h4-11H,3H2,1-2H3. The molecule has 0 unspecified atom stereocenters. The zero-order valence-electron chi connectivity index (χ0n) is 13.0. The van der Waals surface area contributed by atoms with E-state index in [-0.39, 0.29) is 18.1 Å². The normalized spacial score (nSPS) is 10.7. The molecule has 0 radical (unpaired) electrons. The van der Waals surface area contributed by atoms with E-state index in [1.807, 2.05) is 24.3 Å². The fourth-order valence-electron chi connectivity index (χ4n) is 2.72. The highest BCUT2D eigenvalue weighted by Crippen LogP contribution is 2.34. The molecule has 4 heteroatoms. The van der Waals surface area contributed by atoms with Crippen LogP contribution in [0.25, 0.3) is 22.0 Å². The summed E-state index contributed by atoms with van der Waals surface area (Å²) in [5.41, 5.74) is 2.61. The number of hydrogen-bond acceptors (Lipinski definition) is 3. The molecule has 0 N–H and O–H groups in total. The van der Waals surface area contributed by atoms with Crippen molar-refractivity contribution in [2.24, 2.45) is 0 Å². The number of pyridine rings is 1. The molecule has 0 amide bonds. The molecule has 116 valence electrons. The quantitative estimate of drug-likeness (QED) is 0.667. The van der Waals surface area contributed by atoms with Crippen molar-refractivity contribution >= 4 is 16.9 Å². The van der Waals surface area contributed by atoms with Crippen LogP contribution >= 0.6 is 0 Å². The van der Waals surface area contributed by atoms with Gasteiger partial charge in [-0.15, -0.1) is 0 Å². The Kier molecular flexibility index (Phi) is 4.06. The summed E-state index contributed by atoms with van der Waals surface area (Å²) >= 11 is 0. The molecule has 1 aromatic heterocycles. The first-order chi connectivity index (χ1) is 11.1. The molecule has 2 aromatic carbocycles. The Morgan fingerprint density at radius 3 is 2.57 bits per heavy atom. The lowest BCUT2D eigenvalue weighted by molar-refractivity contribution is 0.0519. The van der Waals surface area contributed by atoms with Crippen molar-refractivity contribution in [3.63, 3.8) is 0 Å². The molecule has 3 nitrogen and oxygen atoms in total. The number of rotatable bonds is 3. The summed E-state index contributed by atoms with van der Waals surface area (Å²) in [6.07, 6.45) is 0. The molecular formula is C19H16FNO2. The van der Waals surface area contributed by atoms with E-state index >= 15 is 0 Å². The molecule has 0 aliphatic rings. The average molecular weight is 309 g/mol. The van der Waals surface area contributed by atoms with Gasteiger partial charge >= 0.3 is 5.97 Å². The summed E-state index contributed by atoms with van der Waals surface area (Å²) < 4.78 is 19.4. The highest BCUT2D eigenvalue weighted by Gasteiger charge is 2.20. The van der Waals surface area contributed by atoms with Crippen molar-refractivity contribution in [1.29, 1.82) is 0 Å². The number of benzene rings is 2. The Hall–Kier alpha value is -2.75. The van der Waals surface area contributed by atoms with Crippen molar-refractivity contribution in [2.45, 2.75) is 13.8 Å². The van der Waals surface area contributed by atoms with Crippen molar-refractivity contribution in [3.8, 4) is 11.1 Å². The lowest BCUT2D eigenvalue weighted by Crippen LogP contribution is -2.11. The van der Waals surface area contributed by atoms with Gasteiger partial charge in [-0.2, -0.15) is 0 Å². The molecule has 0 spiro atoms. The number of ether oxygens (including phenoxy) is 1. The molecule has 3 aromatic rings. The first-order valence-corrected chi connectivity index (χ1v) is 7.44. The average Bonchev–Trinajstić information content (AvgIpc) is 2.55. The van der Waals surface area contributed by atoms with Crippen molar-refractivity contribution < 1.29 is 13.9 Å². The second-order valence-electron chi connectivity index (χ2n) is 5.18. The lowest BCUT2D eigenvalue weighted by Gasteiger charge is -2.14. The molecule has 0 bridgehead atoms. The van der Waals surface area contributed by atoms with Gasteiger partial charge in [0.1, 0.15) is 5.82 Å². The zero-order valence-corrected chi connectivity index (χ0v) is 13.0. The number of aromatic nitrogens is 1. The first kappa shape index (κ1) is 15.2. The molecule has 0 saturated carbocycles. The van der Waals surface area contributed by atoms with Gasteiger partial charge in [0.05, 0.1) is 12.1 Å². The van der Waals surface area contributed by atoms with Crippen molar-refractivity contribution in [2.75, 3.05) is 6.61 Å². The minimum absolute atomic E-state index is 0.226. The molecule has 1 heterocycles. The predicted octanol–water partition coefficient (Wildman–Crippen LogP) is 4.53. The fourth-order valence-corrected chi connectivity index (χ4v) is 2.72. The van der Waals surface area contributed by atoms with Crippen LogP contribution in [0.3, 0.4) is 0 Å². The molecule has 0 fully saturated rings. The van der Waals surface area contributed by atoms with E-state index < -0.39 is 5.97 Å². The Balaban J connectivity index is 2.37. The van der Waals surface area contributed by atoms with Crippen molar-refractivity contribution in [3.05, 3.63) is 65.6 Å². The Bertz CT molecular complexity index is 890. The third kappa shape index (κ3) is 2.68. The Labute approximate surface area is 133 Å². The van der Waals surface area contributed by atoms with Crippen LogP contribution in [0.4, 0.5) is 4.39 Å². The summed E-state index contributed by atoms with van der Waals surface area (Å²) in [5.74, 6) is -0.824. The summed E-state index contributed by atoms with van der Waals surface area (Å²) in [5, 5.41) is 0.808. The summed E-state index contributed by atoms with van der Waals surface area (Å²) in [4.78, 5) is 16.6. The van der Waals surface area contributed by atoms with E-state index in [9.17, 15) is 9.18 Å². The summed E-state index contributed by atoms with van der Waals surface area (Å²) in [7, 11) is 0. The lowest BCUT2D eigenvalue weighted by atomic mass is 9.94. The van der Waals surface area contributed by atoms with Gasteiger partial charge in [0.15, 0.2) is 5.69 Å². The van der Waals surface area contributed by atoms with Crippen LogP contribution in [0, 0.1) is 12.7 Å². The van der Waals surface area contributed by atoms with Gasteiger partial charge in [-0.05, 0) is 37.1 Å². The Morgan fingerprint density at radius 1 is 1.13 bits per heavy atom. The van der Waals surface area contributed by atoms with Gasteiger partial charge in [0.2, 0.25) is 0 Å². The van der Waals surface area contributed by atoms with Gasteiger partial charge in [-0.1, -0.05) is 36.4 Å². The number of nitrogens with zero attached hydrogens (tertiary/aromatic N) is 1. The van der Waals surface area contributed by atoms with Gasteiger partial charge in [-0.25, -0.2) is 14.2 Å². The largest absolute Gasteiger partial charge is 0.461 e. The first-order valence-electron chi connectivity index (χ1n) is 7.44. The molecular weight excluding hydrogens is 293 g/mol. The maximum absolute atomic E-state index is 14.3. The highest BCUT2D eigenvalue weighted by molar-refractivity contribution is 6.02. The predicted molar refractivity (Wildman–Crippen MR) is 87.8 cm³/mol. The molecule has 0 aliphatic heterocycles. The topological polar surface area (TPSA) is 39.2 Å². The second-order valence-corrected chi connectivity index (χ2v) is 5.18. The minimum atomic E-state index is -0.492. The third-order valence-corrected chi connectivity index (χ3v) is 3.75. The van der Waals surface area contributed by atoms with E-state index in [4.69, 9.17) is 4.74 Å². The van der Waals surface area contributed by atoms with Crippen LogP contribution in [0.15, 0.2) is 48.5 Å². The third-order valence-electron chi connectivity index (χ3n) is 3.75. The van der Waals surface area contributed by atoms with Crippen LogP contribution in [-0.4, -0.2) is 17.6 Å². The molecule has 0 saturated heterocycles. The molecule has 0 atom stereocenters. The number of carbonyl (C=O) groups is 1. The smallest absolute Gasteiger partial charge is 0.357 e. The summed E-state index contributed by atoms with van der Waals surface area (Å²) in [6, 6.07) is 13.9. The molecule has 0 aliphatic carbocycles. The number of para-hydroxylation sites is 1. The fraction of sp³-hybridized carbons (Fsp3) is 0.158. The monoisotopic (exact) mass is 309 g/mol. The highest BCUT2D eigenvalue weighted by atomic mass is 19.1. The van der Waals surface area contributed by atoms with Gasteiger partial charge in [-0.3, -0.25) is 0 Å². The maximum atomic E-state index is 14.3. The van der Waals surface area contributed by atoms with E-state index in [1.165, 1.54) is 6.07 Å². The van der Waals surface area contributed by atoms with Crippen molar-refractivity contribution in [1.82, 2.24) is 4.98 Å². The Morgan fingerprint density at radius 2 is 1.83 bits per heavy atom. The van der Waals surface area contributed by atoms with E-state index in [0.29, 0.717) is 22.2 Å². The van der Waals surface area contributed by atoms with Crippen LogP contribution < -0.4 is 0 Å². The number of halogens is 1. The van der Waals surface area contributed by atoms with E-state index in [2.05, 4.69) is 4.98 Å². The number of carbonyl (C=O) groups excluding carboxylic acids is 1. The molecule has 23 heavy (non-hydrogen) atoms. The van der Waals surface area contributed by atoms with Crippen LogP contribution in [0.2, 0.25) is 0 Å². The van der Waals surface area contributed by atoms with Crippen LogP contribution in [-0.2, 0) is 4.74 Å². The number of hydrogen-bond donors (Lipinski definition) is 0. The zero-order chi connectivity index (χ0) is 16.4. The number of fused-ring (bicyclic) bond motifs is 1. The second kappa shape index (κ2) is 6.16. The van der Waals surface area contributed by atoms with E-state index in [1.54, 1.807) is 32.0 Å². The summed E-state index contributed by atoms with van der Waals surface area (Å²) in [6.45, 7) is 3.78. The maximum Gasteiger partial charge on any atom is 0.357 e. The van der Waals surface area contributed by atoms with Gasteiger partial charge in [0, 0.05) is 10.9 Å². The van der Waals surface area contributed by atoms with Crippen LogP contribution in [0.5, 0.6) is 0 Å². The molecule has 3 rings (SSSR count). The minimum Gasteiger partial charge on any atom is -0.461 e. The number of esters is 1. The van der Waals surface area contributed by atoms with Crippen LogP contribution in [0.1, 0.15) is 23.0 Å². The van der Waals surface area contributed by atoms with Gasteiger partial charge < -0.3 is 4.74 Å².